The highest BCUT2D eigenvalue weighted by Gasteiger charge is 2.36. The van der Waals surface area contributed by atoms with Gasteiger partial charge < -0.3 is 14.4 Å². The second kappa shape index (κ2) is 8.05. The number of nitrogens with zero attached hydrogens (tertiary/aromatic N) is 3. The monoisotopic (exact) mass is 429 g/mol. The number of hydrogen-bond donors (Lipinski definition) is 2. The lowest BCUT2D eigenvalue weighted by Gasteiger charge is -2.33. The number of aromatic nitrogens is 2. The molecule has 3 unspecified atom stereocenters. The lowest BCUT2D eigenvalue weighted by molar-refractivity contribution is 0.0139. The Bertz CT molecular complexity index is 953. The number of rotatable bonds is 3. The van der Waals surface area contributed by atoms with Crippen LogP contribution in [0.1, 0.15) is 50.9 Å². The average Bonchev–Trinajstić information content (AvgIpc) is 3.50. The molecule has 3 fully saturated rings. The summed E-state index contributed by atoms with van der Waals surface area (Å²) in [5.41, 5.74) is 5.06. The van der Waals surface area contributed by atoms with Crippen LogP contribution in [-0.4, -0.2) is 59.3 Å². The van der Waals surface area contributed by atoms with Crippen LogP contribution in [0, 0.1) is 5.92 Å². The number of ether oxygens (including phenoxy) is 2. The molecule has 9 nitrogen and oxygen atoms in total. The first kappa shape index (κ1) is 20.7. The van der Waals surface area contributed by atoms with Gasteiger partial charge in [-0.2, -0.15) is 10.6 Å². The lowest BCUT2D eigenvalue weighted by Crippen LogP contribution is -2.46. The second-order valence-electron chi connectivity index (χ2n) is 9.41. The normalized spacial score (nSPS) is 29.0. The van der Waals surface area contributed by atoms with Crippen molar-refractivity contribution in [2.45, 2.75) is 57.1 Å². The molecule has 0 spiro atoms. The summed E-state index contributed by atoms with van der Waals surface area (Å²) < 4.78 is 12.7. The highest BCUT2D eigenvalue weighted by Crippen LogP contribution is 2.33. The fraction of sp³-hybridized carbons (Fsp3) is 0.636. The van der Waals surface area contributed by atoms with Crippen LogP contribution in [0.3, 0.4) is 0 Å². The van der Waals surface area contributed by atoms with E-state index in [-0.39, 0.29) is 30.1 Å². The van der Waals surface area contributed by atoms with Crippen LogP contribution < -0.4 is 10.8 Å². The zero-order chi connectivity index (χ0) is 21.6. The summed E-state index contributed by atoms with van der Waals surface area (Å²) in [4.78, 5) is 19.3. The largest absolute Gasteiger partial charge is 0.453 e. The minimum atomic E-state index is -0.250. The molecule has 0 saturated carbocycles. The third kappa shape index (κ3) is 4.15. The summed E-state index contributed by atoms with van der Waals surface area (Å²) in [5, 5.41) is 9.48. The van der Waals surface area contributed by atoms with Gasteiger partial charge in [-0.25, -0.2) is 4.79 Å². The fourth-order valence-electron chi connectivity index (χ4n) is 4.89. The van der Waals surface area contributed by atoms with Gasteiger partial charge in [0.15, 0.2) is 6.23 Å². The van der Waals surface area contributed by atoms with Gasteiger partial charge in [0.1, 0.15) is 0 Å². The number of piperidine rings is 1. The summed E-state index contributed by atoms with van der Waals surface area (Å²) in [6, 6.07) is 6.55. The molecule has 168 valence electrons. The van der Waals surface area contributed by atoms with Crippen LogP contribution in [-0.2, 0) is 14.3 Å². The van der Waals surface area contributed by atoms with Gasteiger partial charge >= 0.3 is 6.09 Å². The molecule has 1 aromatic carbocycles. The molecule has 2 N–H and O–H groups in total. The minimum Gasteiger partial charge on any atom is -0.453 e. The predicted molar refractivity (Wildman–Crippen MR) is 114 cm³/mol. The molecular formula is C22H31N5O4. The molecule has 0 bridgehead atoms. The van der Waals surface area contributed by atoms with E-state index in [2.05, 4.69) is 49.0 Å². The van der Waals surface area contributed by atoms with Crippen molar-refractivity contribution in [3.63, 3.8) is 0 Å². The van der Waals surface area contributed by atoms with Crippen molar-refractivity contribution in [3.05, 3.63) is 30.0 Å². The van der Waals surface area contributed by atoms with E-state index >= 15 is 0 Å². The number of benzene rings is 1. The SMILES string of the molecule is COC(=O)N1CCC(C2NOC(c3ccc4cn(C5COC(C)(C)C5)nc4c3)N2)CC1. The fourth-order valence-corrected chi connectivity index (χ4v) is 4.89. The molecule has 5 rings (SSSR count). The average molecular weight is 430 g/mol. The number of amides is 1. The van der Waals surface area contributed by atoms with Crippen molar-refractivity contribution >= 4 is 17.0 Å². The van der Waals surface area contributed by atoms with E-state index in [9.17, 15) is 4.79 Å². The Kier molecular flexibility index (Phi) is 5.37. The van der Waals surface area contributed by atoms with Gasteiger partial charge in [0, 0.05) is 31.1 Å². The third-order valence-electron chi connectivity index (χ3n) is 6.71. The van der Waals surface area contributed by atoms with Crippen LogP contribution in [0.15, 0.2) is 24.4 Å². The number of hydrogen-bond acceptors (Lipinski definition) is 7. The predicted octanol–water partition coefficient (Wildman–Crippen LogP) is 2.70. The van der Waals surface area contributed by atoms with Crippen molar-refractivity contribution in [1.82, 2.24) is 25.5 Å². The van der Waals surface area contributed by atoms with Crippen LogP contribution in [0.4, 0.5) is 4.79 Å². The number of carbonyl (C=O) groups excluding carboxylic acids is 1. The number of methoxy groups -OCH3 is 1. The first-order valence-corrected chi connectivity index (χ1v) is 11.0. The lowest BCUT2D eigenvalue weighted by atomic mass is 9.94. The molecule has 0 aliphatic carbocycles. The topological polar surface area (TPSA) is 89.9 Å². The molecule has 1 aromatic heterocycles. The molecule has 4 heterocycles. The van der Waals surface area contributed by atoms with Gasteiger partial charge in [-0.1, -0.05) is 12.1 Å². The Morgan fingerprint density at radius 2 is 2.10 bits per heavy atom. The molecule has 3 aliphatic heterocycles. The molecule has 31 heavy (non-hydrogen) atoms. The van der Waals surface area contributed by atoms with Crippen LogP contribution in [0.25, 0.3) is 10.9 Å². The Morgan fingerprint density at radius 1 is 1.29 bits per heavy atom. The highest BCUT2D eigenvalue weighted by atomic mass is 16.7. The van der Waals surface area contributed by atoms with Crippen molar-refractivity contribution in [3.8, 4) is 0 Å². The molecule has 2 aromatic rings. The maximum absolute atomic E-state index is 11.7. The minimum absolute atomic E-state index is 0.0518. The first-order chi connectivity index (χ1) is 14.9. The number of fused-ring (bicyclic) bond motifs is 1. The van der Waals surface area contributed by atoms with Crippen molar-refractivity contribution in [2.75, 3.05) is 26.8 Å². The van der Waals surface area contributed by atoms with E-state index in [0.29, 0.717) is 25.6 Å². The van der Waals surface area contributed by atoms with E-state index in [4.69, 9.17) is 19.4 Å². The van der Waals surface area contributed by atoms with Crippen LogP contribution in [0.2, 0.25) is 0 Å². The zero-order valence-corrected chi connectivity index (χ0v) is 18.3. The van der Waals surface area contributed by atoms with E-state index in [1.807, 2.05) is 4.68 Å². The summed E-state index contributed by atoms with van der Waals surface area (Å²) in [5.74, 6) is 0.388. The molecule has 3 aliphatic rings. The third-order valence-corrected chi connectivity index (χ3v) is 6.71. The molecular weight excluding hydrogens is 398 g/mol. The van der Waals surface area contributed by atoms with Gasteiger partial charge in [-0.05, 0) is 44.2 Å². The van der Waals surface area contributed by atoms with Crippen LogP contribution in [0.5, 0.6) is 0 Å². The smallest absolute Gasteiger partial charge is 0.409 e. The Hall–Kier alpha value is -2.20. The molecule has 1 amide bonds. The van der Waals surface area contributed by atoms with Crippen molar-refractivity contribution in [1.29, 1.82) is 0 Å². The number of carbonyl (C=O) groups is 1. The van der Waals surface area contributed by atoms with E-state index in [1.165, 1.54) is 7.11 Å². The van der Waals surface area contributed by atoms with E-state index in [0.717, 1.165) is 35.7 Å². The summed E-state index contributed by atoms with van der Waals surface area (Å²) in [7, 11) is 1.43. The van der Waals surface area contributed by atoms with Crippen LogP contribution >= 0.6 is 0 Å². The van der Waals surface area contributed by atoms with Crippen molar-refractivity contribution in [2.24, 2.45) is 5.92 Å². The summed E-state index contributed by atoms with van der Waals surface area (Å²) in [6.45, 7) is 6.35. The number of likely N-dealkylation sites (tertiary alicyclic amines) is 1. The van der Waals surface area contributed by atoms with Gasteiger partial charge in [0.25, 0.3) is 0 Å². The number of nitrogens with one attached hydrogen (secondary N) is 2. The molecule has 0 radical (unpaired) electrons. The Labute approximate surface area is 181 Å². The zero-order valence-electron chi connectivity index (χ0n) is 18.3. The van der Waals surface area contributed by atoms with Crippen molar-refractivity contribution < 1.29 is 19.1 Å². The summed E-state index contributed by atoms with van der Waals surface area (Å²) in [6.07, 6.45) is 4.44. The van der Waals surface area contributed by atoms with E-state index in [1.54, 1.807) is 4.90 Å². The quantitative estimate of drug-likeness (QED) is 0.775. The summed E-state index contributed by atoms with van der Waals surface area (Å²) >= 11 is 0. The maximum Gasteiger partial charge on any atom is 0.409 e. The molecule has 3 atom stereocenters. The number of hydroxylamine groups is 1. The van der Waals surface area contributed by atoms with Gasteiger partial charge in [0.05, 0.1) is 37.0 Å². The van der Waals surface area contributed by atoms with Gasteiger partial charge in [-0.3, -0.25) is 14.8 Å². The standard InChI is InChI=1S/C22H31N5O4/c1-22(2)11-17(13-30-22)27-12-16-5-4-15(10-18(16)24-27)20-23-19(25-31-20)14-6-8-26(9-7-14)21(28)29-3/h4-5,10,12,14,17,19-20,23,25H,6-9,11,13H2,1-3H3. The maximum atomic E-state index is 11.7. The van der Waals surface area contributed by atoms with E-state index < -0.39 is 0 Å². The Morgan fingerprint density at radius 3 is 2.81 bits per heavy atom. The second-order valence-corrected chi connectivity index (χ2v) is 9.41. The Balaban J connectivity index is 1.23. The highest BCUT2D eigenvalue weighted by molar-refractivity contribution is 5.78. The van der Waals surface area contributed by atoms with Gasteiger partial charge in [0.2, 0.25) is 0 Å². The first-order valence-electron chi connectivity index (χ1n) is 11.0. The van der Waals surface area contributed by atoms with Gasteiger partial charge in [-0.15, -0.1) is 0 Å². The molecule has 9 heteroatoms. The molecule has 3 saturated heterocycles.